The summed E-state index contributed by atoms with van der Waals surface area (Å²) >= 11 is 0. The number of rotatable bonds is 6. The summed E-state index contributed by atoms with van der Waals surface area (Å²) in [6, 6.07) is 11.8. The van der Waals surface area contributed by atoms with Gasteiger partial charge in [0.15, 0.2) is 0 Å². The fraction of sp³-hybridized carbons (Fsp3) is 0.500. The molecule has 1 aliphatic heterocycles. The maximum atomic E-state index is 15.5. The number of fused-ring (bicyclic) bond motifs is 5. The van der Waals surface area contributed by atoms with Crippen molar-refractivity contribution in [2.24, 2.45) is 5.92 Å². The van der Waals surface area contributed by atoms with Crippen LogP contribution in [0, 0.1) is 5.92 Å². The monoisotopic (exact) mass is 492 g/mol. The van der Waals surface area contributed by atoms with Crippen molar-refractivity contribution in [1.29, 1.82) is 0 Å². The van der Waals surface area contributed by atoms with E-state index < -0.39 is 12.1 Å². The number of carboxylic acids is 1. The molecule has 2 N–H and O–H groups in total. The average Bonchev–Trinajstić information content (AvgIpc) is 3.16. The number of alkyl halides is 1. The number of hydrogen-bond donors (Lipinski definition) is 2. The van der Waals surface area contributed by atoms with Crippen LogP contribution < -0.4 is 10.1 Å². The summed E-state index contributed by atoms with van der Waals surface area (Å²) in [6.45, 7) is 7.92. The topological polar surface area (TPSA) is 63.5 Å². The molecule has 2 unspecified atom stereocenters. The molecule has 1 aliphatic carbocycles. The Kier molecular flexibility index (Phi) is 6.96. The molecule has 6 heteroatoms. The second-order valence-corrected chi connectivity index (χ2v) is 10.7. The molecule has 3 atom stereocenters. The van der Waals surface area contributed by atoms with Gasteiger partial charge >= 0.3 is 5.97 Å². The van der Waals surface area contributed by atoms with E-state index in [0.29, 0.717) is 18.9 Å². The van der Waals surface area contributed by atoms with Crippen LogP contribution in [0.5, 0.6) is 5.75 Å². The van der Waals surface area contributed by atoms with E-state index in [1.807, 2.05) is 12.1 Å². The number of ether oxygens (including phenoxy) is 1. The Morgan fingerprint density at radius 1 is 1.17 bits per heavy atom. The first-order valence-electron chi connectivity index (χ1n) is 13.5. The number of aromatic nitrogens is 1. The Bertz CT molecular complexity index is 1260. The van der Waals surface area contributed by atoms with Crippen LogP contribution >= 0.6 is 0 Å². The highest BCUT2D eigenvalue weighted by Gasteiger charge is 2.34. The van der Waals surface area contributed by atoms with Crippen LogP contribution in [0.25, 0.3) is 22.2 Å². The Morgan fingerprint density at radius 2 is 1.97 bits per heavy atom. The summed E-state index contributed by atoms with van der Waals surface area (Å²) in [5.41, 5.74) is 5.23. The van der Waals surface area contributed by atoms with Gasteiger partial charge in [0, 0.05) is 46.7 Å². The number of aryl methyl sites for hydroxylation is 1. The van der Waals surface area contributed by atoms with Crippen molar-refractivity contribution in [2.75, 3.05) is 11.9 Å². The Morgan fingerprint density at radius 3 is 2.69 bits per heavy atom. The van der Waals surface area contributed by atoms with E-state index in [0.717, 1.165) is 77.8 Å². The lowest BCUT2D eigenvalue weighted by Crippen LogP contribution is -2.29. The Balaban J connectivity index is 1.79. The lowest BCUT2D eigenvalue weighted by Gasteiger charge is -2.31. The van der Waals surface area contributed by atoms with Gasteiger partial charge in [0.25, 0.3) is 0 Å². The molecule has 1 aromatic heterocycles. The van der Waals surface area contributed by atoms with Gasteiger partial charge in [0.05, 0.1) is 17.9 Å². The van der Waals surface area contributed by atoms with Crippen molar-refractivity contribution in [1.82, 2.24) is 4.57 Å². The molecule has 5 nitrogen and oxygen atoms in total. The third kappa shape index (κ3) is 4.46. The fourth-order valence-electron chi connectivity index (χ4n) is 6.02. The number of aromatic carboxylic acids is 1. The molecular formula is C30H37FN2O3. The van der Waals surface area contributed by atoms with Gasteiger partial charge in [-0.15, -0.1) is 0 Å². The van der Waals surface area contributed by atoms with Crippen molar-refractivity contribution in [3.05, 3.63) is 47.5 Å². The van der Waals surface area contributed by atoms with Gasteiger partial charge in [0.2, 0.25) is 0 Å². The van der Waals surface area contributed by atoms with Gasteiger partial charge in [-0.1, -0.05) is 39.7 Å². The number of anilines is 1. The summed E-state index contributed by atoms with van der Waals surface area (Å²) in [5, 5.41) is 14.5. The van der Waals surface area contributed by atoms with E-state index in [2.05, 4.69) is 42.8 Å². The zero-order valence-corrected chi connectivity index (χ0v) is 21.5. The van der Waals surface area contributed by atoms with Gasteiger partial charge in [0.1, 0.15) is 11.9 Å². The zero-order valence-electron chi connectivity index (χ0n) is 21.5. The maximum absolute atomic E-state index is 15.5. The number of carboxylic acid groups (broad SMARTS) is 1. The maximum Gasteiger partial charge on any atom is 0.335 e. The van der Waals surface area contributed by atoms with Crippen LogP contribution in [0.4, 0.5) is 10.1 Å². The number of benzene rings is 2. The van der Waals surface area contributed by atoms with E-state index in [1.165, 1.54) is 0 Å². The molecule has 1 fully saturated rings. The van der Waals surface area contributed by atoms with Crippen molar-refractivity contribution >= 4 is 22.6 Å². The first-order valence-corrected chi connectivity index (χ1v) is 13.5. The van der Waals surface area contributed by atoms with Gasteiger partial charge < -0.3 is 19.7 Å². The molecule has 0 spiro atoms. The van der Waals surface area contributed by atoms with Crippen molar-refractivity contribution in [3.63, 3.8) is 0 Å². The molecule has 0 radical (unpaired) electrons. The second kappa shape index (κ2) is 10.2. The molecule has 36 heavy (non-hydrogen) atoms. The minimum Gasteiger partial charge on any atom is -0.494 e. The molecule has 5 rings (SSSR count). The van der Waals surface area contributed by atoms with E-state index >= 15 is 4.39 Å². The summed E-state index contributed by atoms with van der Waals surface area (Å²) in [6.07, 6.45) is 4.23. The van der Waals surface area contributed by atoms with E-state index in [-0.39, 0.29) is 17.5 Å². The number of halogens is 1. The highest BCUT2D eigenvalue weighted by molar-refractivity contribution is 5.99. The van der Waals surface area contributed by atoms with Crippen molar-refractivity contribution in [2.45, 2.75) is 84.0 Å². The van der Waals surface area contributed by atoms with Crippen LogP contribution in [-0.4, -0.2) is 34.5 Å². The predicted octanol–water partition coefficient (Wildman–Crippen LogP) is 7.63. The van der Waals surface area contributed by atoms with Crippen molar-refractivity contribution < 1.29 is 19.0 Å². The number of hydrogen-bond acceptors (Lipinski definition) is 3. The molecular weight excluding hydrogens is 455 g/mol. The van der Waals surface area contributed by atoms with Gasteiger partial charge in [-0.05, 0) is 61.4 Å². The third-order valence-electron chi connectivity index (χ3n) is 7.93. The van der Waals surface area contributed by atoms with E-state index in [4.69, 9.17) is 4.74 Å². The Labute approximate surface area is 212 Å². The minimum absolute atomic E-state index is 0.197. The highest BCUT2D eigenvalue weighted by Crippen LogP contribution is 2.48. The molecule has 0 amide bonds. The van der Waals surface area contributed by atoms with Gasteiger partial charge in [-0.25, -0.2) is 9.18 Å². The second-order valence-electron chi connectivity index (χ2n) is 10.7. The first kappa shape index (κ1) is 24.7. The number of nitrogens with zero attached hydrogens (tertiary/aromatic N) is 1. The molecule has 3 aromatic rings. The fourth-order valence-corrected chi connectivity index (χ4v) is 6.02. The Hall–Kier alpha value is -3.02. The predicted molar refractivity (Wildman–Crippen MR) is 143 cm³/mol. The third-order valence-corrected chi connectivity index (χ3v) is 7.93. The summed E-state index contributed by atoms with van der Waals surface area (Å²) in [5.74, 6) is 0.0896. The molecule has 0 bridgehead atoms. The normalized spacial score (nSPS) is 21.9. The molecule has 2 heterocycles. The smallest absolute Gasteiger partial charge is 0.335 e. The zero-order chi connectivity index (χ0) is 25.4. The van der Waals surface area contributed by atoms with Crippen molar-refractivity contribution in [3.8, 4) is 17.0 Å². The highest BCUT2D eigenvalue weighted by atomic mass is 19.1. The molecule has 1 saturated carbocycles. The van der Waals surface area contributed by atoms with E-state index in [1.54, 1.807) is 12.1 Å². The lowest BCUT2D eigenvalue weighted by molar-refractivity contribution is 0.0697. The molecule has 2 aromatic carbocycles. The molecule has 2 aliphatic rings. The summed E-state index contributed by atoms with van der Waals surface area (Å²) in [4.78, 5) is 11.9. The molecule has 0 saturated heterocycles. The minimum atomic E-state index is -0.944. The van der Waals surface area contributed by atoms with Crippen LogP contribution in [0.1, 0.15) is 81.1 Å². The lowest BCUT2D eigenvalue weighted by atomic mass is 9.80. The average molecular weight is 493 g/mol. The summed E-state index contributed by atoms with van der Waals surface area (Å²) < 4.78 is 23.7. The first-order chi connectivity index (χ1) is 17.4. The summed E-state index contributed by atoms with van der Waals surface area (Å²) in [7, 11) is 0. The SMILES string of the molecule is CCCOc1ccc2c(c1)NC(C(C)C)CCn1c-2c(C2CCCC[C@@H]2F)c2ccc(C(=O)O)cc21. The van der Waals surface area contributed by atoms with Gasteiger partial charge in [-0.2, -0.15) is 0 Å². The van der Waals surface area contributed by atoms with Crippen LogP contribution in [0.2, 0.25) is 0 Å². The number of nitrogens with one attached hydrogen (secondary N) is 1. The molecule has 192 valence electrons. The van der Waals surface area contributed by atoms with Crippen LogP contribution in [0.3, 0.4) is 0 Å². The van der Waals surface area contributed by atoms with Gasteiger partial charge in [-0.3, -0.25) is 0 Å². The number of carbonyl (C=O) groups is 1. The largest absolute Gasteiger partial charge is 0.494 e. The van der Waals surface area contributed by atoms with E-state index in [9.17, 15) is 9.90 Å². The van der Waals surface area contributed by atoms with Crippen LogP contribution in [0.15, 0.2) is 36.4 Å². The quantitative estimate of drug-likeness (QED) is 0.371. The van der Waals surface area contributed by atoms with Crippen LogP contribution in [-0.2, 0) is 6.54 Å². The standard InChI is InChI=1S/C30H37FN2O3/c1-4-15-36-20-10-12-22-26(17-20)32-25(18(2)3)13-14-33-27-16-19(30(34)35)9-11-23(27)28(29(22)33)21-7-5-6-8-24(21)31/h9-12,16-18,21,24-25,32H,4-8,13-15H2,1-3H3,(H,34,35)/t21?,24-,25?/m0/s1.